The van der Waals surface area contributed by atoms with Gasteiger partial charge in [0.25, 0.3) is 0 Å². The van der Waals surface area contributed by atoms with Crippen LogP contribution in [-0.4, -0.2) is 31.7 Å². The molecule has 0 atom stereocenters. The van der Waals surface area contributed by atoms with E-state index in [0.717, 1.165) is 27.4 Å². The highest BCUT2D eigenvalue weighted by atomic mass is 32.2. The van der Waals surface area contributed by atoms with E-state index in [-0.39, 0.29) is 23.1 Å². The van der Waals surface area contributed by atoms with Crippen molar-refractivity contribution in [3.05, 3.63) is 34.9 Å². The second-order valence-corrected chi connectivity index (χ2v) is 10.1. The van der Waals surface area contributed by atoms with Crippen molar-refractivity contribution in [1.82, 2.24) is 9.97 Å². The maximum Gasteiger partial charge on any atom is 0.239 e. The lowest BCUT2D eigenvalue weighted by Gasteiger charge is -2.29. The van der Waals surface area contributed by atoms with E-state index in [1.807, 2.05) is 13.8 Å². The number of rotatable bonds is 4. The van der Waals surface area contributed by atoms with Gasteiger partial charge in [0.2, 0.25) is 16.0 Å². The third-order valence-electron chi connectivity index (χ3n) is 4.40. The van der Waals surface area contributed by atoms with Gasteiger partial charge in [0.15, 0.2) is 0 Å². The van der Waals surface area contributed by atoms with Crippen molar-refractivity contribution < 1.29 is 12.8 Å². The lowest BCUT2D eigenvalue weighted by atomic mass is 9.79. The zero-order valence-electron chi connectivity index (χ0n) is 16.6. The number of allylic oxidation sites excluding steroid dienone is 4. The van der Waals surface area contributed by atoms with Crippen LogP contribution in [0.2, 0.25) is 0 Å². The number of anilines is 1. The summed E-state index contributed by atoms with van der Waals surface area (Å²) < 4.78 is 38.6. The van der Waals surface area contributed by atoms with Crippen LogP contribution in [0.4, 0.5) is 10.3 Å². The standard InChI is InChI=1S/C19H28FN3O2S/c1-12(2)16-15(19(3,4)5)17(13-8-10-14(20)11-9-13)22-18(21-16)23(6)26(7,24)25/h8,10,12H,9,11H2,1-7H3. The van der Waals surface area contributed by atoms with E-state index in [0.29, 0.717) is 18.5 Å². The summed E-state index contributed by atoms with van der Waals surface area (Å²) in [6, 6.07) is 0. The van der Waals surface area contributed by atoms with E-state index in [1.54, 1.807) is 6.08 Å². The highest BCUT2D eigenvalue weighted by Crippen LogP contribution is 2.38. The molecule has 0 radical (unpaired) electrons. The normalized spacial score (nSPS) is 15.7. The summed E-state index contributed by atoms with van der Waals surface area (Å²) >= 11 is 0. The first-order valence-electron chi connectivity index (χ1n) is 8.74. The van der Waals surface area contributed by atoms with Gasteiger partial charge in [0.1, 0.15) is 5.83 Å². The van der Waals surface area contributed by atoms with Crippen LogP contribution in [0.25, 0.3) is 5.57 Å². The average Bonchev–Trinajstić information content (AvgIpc) is 2.51. The summed E-state index contributed by atoms with van der Waals surface area (Å²) in [4.78, 5) is 9.21. The number of halogens is 1. The van der Waals surface area contributed by atoms with Gasteiger partial charge in [-0.2, -0.15) is 0 Å². The van der Waals surface area contributed by atoms with Crippen molar-refractivity contribution in [3.63, 3.8) is 0 Å². The first-order chi connectivity index (χ1) is 11.8. The van der Waals surface area contributed by atoms with Gasteiger partial charge in [-0.1, -0.05) is 40.7 Å². The van der Waals surface area contributed by atoms with Gasteiger partial charge in [-0.25, -0.2) is 27.1 Å². The second kappa shape index (κ2) is 7.10. The molecule has 1 aliphatic rings. The maximum atomic E-state index is 13.5. The molecule has 26 heavy (non-hydrogen) atoms. The van der Waals surface area contributed by atoms with Gasteiger partial charge < -0.3 is 0 Å². The fraction of sp³-hybridized carbons (Fsp3) is 0.579. The summed E-state index contributed by atoms with van der Waals surface area (Å²) in [5, 5.41) is 0. The minimum Gasteiger partial charge on any atom is -0.241 e. The Morgan fingerprint density at radius 3 is 2.19 bits per heavy atom. The summed E-state index contributed by atoms with van der Waals surface area (Å²) in [6.45, 7) is 10.3. The summed E-state index contributed by atoms with van der Waals surface area (Å²) in [5.41, 5.74) is 3.19. The first kappa shape index (κ1) is 20.6. The zero-order valence-corrected chi connectivity index (χ0v) is 17.4. The number of aromatic nitrogens is 2. The molecule has 1 aromatic rings. The molecule has 0 aliphatic heterocycles. The molecule has 144 valence electrons. The predicted octanol–water partition coefficient (Wildman–Crippen LogP) is 4.32. The average molecular weight is 382 g/mol. The van der Waals surface area contributed by atoms with Gasteiger partial charge in [0.05, 0.1) is 17.6 Å². The molecule has 0 aromatic carbocycles. The molecule has 7 heteroatoms. The Balaban J connectivity index is 2.83. The third kappa shape index (κ3) is 4.31. The van der Waals surface area contributed by atoms with E-state index >= 15 is 0 Å². The van der Waals surface area contributed by atoms with Gasteiger partial charge in [-0.3, -0.25) is 0 Å². The molecule has 0 bridgehead atoms. The van der Waals surface area contributed by atoms with E-state index in [9.17, 15) is 12.8 Å². The lowest BCUT2D eigenvalue weighted by Crippen LogP contribution is -2.29. The van der Waals surface area contributed by atoms with Crippen LogP contribution in [0.15, 0.2) is 18.0 Å². The van der Waals surface area contributed by atoms with Crippen molar-refractivity contribution in [2.45, 2.75) is 58.8 Å². The van der Waals surface area contributed by atoms with E-state index < -0.39 is 10.0 Å². The van der Waals surface area contributed by atoms with Gasteiger partial charge >= 0.3 is 0 Å². The Morgan fingerprint density at radius 2 is 1.77 bits per heavy atom. The molecule has 2 rings (SSSR count). The molecule has 0 amide bonds. The quantitative estimate of drug-likeness (QED) is 0.779. The molecule has 1 heterocycles. The highest BCUT2D eigenvalue weighted by Gasteiger charge is 2.30. The van der Waals surface area contributed by atoms with Crippen molar-refractivity contribution >= 4 is 21.5 Å². The Hall–Kier alpha value is -1.76. The number of sulfonamides is 1. The lowest BCUT2D eigenvalue weighted by molar-refractivity contribution is 0.561. The Labute approximate surface area is 156 Å². The summed E-state index contributed by atoms with van der Waals surface area (Å²) in [7, 11) is -2.04. The number of hydrogen-bond donors (Lipinski definition) is 0. The Kier molecular flexibility index (Phi) is 5.61. The largest absolute Gasteiger partial charge is 0.241 e. The van der Waals surface area contributed by atoms with Gasteiger partial charge in [-0.15, -0.1) is 0 Å². The molecule has 0 saturated carbocycles. The molecule has 0 N–H and O–H groups in total. The molecule has 1 aromatic heterocycles. The molecule has 0 fully saturated rings. The molecular weight excluding hydrogens is 353 g/mol. The van der Waals surface area contributed by atoms with E-state index in [1.165, 1.54) is 13.1 Å². The van der Waals surface area contributed by atoms with Crippen LogP contribution in [0.1, 0.15) is 70.3 Å². The van der Waals surface area contributed by atoms with Crippen LogP contribution >= 0.6 is 0 Å². The van der Waals surface area contributed by atoms with Crippen LogP contribution in [-0.2, 0) is 15.4 Å². The Morgan fingerprint density at radius 1 is 1.15 bits per heavy atom. The van der Waals surface area contributed by atoms with Crippen molar-refractivity contribution in [2.24, 2.45) is 0 Å². The monoisotopic (exact) mass is 381 g/mol. The summed E-state index contributed by atoms with van der Waals surface area (Å²) in [5.74, 6) is 0.0851. The van der Waals surface area contributed by atoms with E-state index in [2.05, 4.69) is 30.7 Å². The number of hydrogen-bond acceptors (Lipinski definition) is 4. The van der Waals surface area contributed by atoms with E-state index in [4.69, 9.17) is 0 Å². The van der Waals surface area contributed by atoms with Crippen LogP contribution in [0.5, 0.6) is 0 Å². The highest BCUT2D eigenvalue weighted by molar-refractivity contribution is 7.92. The minimum absolute atomic E-state index is 0.0918. The van der Waals surface area contributed by atoms with Crippen molar-refractivity contribution in [3.8, 4) is 0 Å². The van der Waals surface area contributed by atoms with Crippen molar-refractivity contribution in [1.29, 1.82) is 0 Å². The first-order valence-corrected chi connectivity index (χ1v) is 10.6. The molecule has 1 aliphatic carbocycles. The van der Waals surface area contributed by atoms with Gasteiger partial charge in [-0.05, 0) is 29.4 Å². The fourth-order valence-electron chi connectivity index (χ4n) is 2.95. The second-order valence-electron chi connectivity index (χ2n) is 8.07. The predicted molar refractivity (Wildman–Crippen MR) is 104 cm³/mol. The number of nitrogens with zero attached hydrogens (tertiary/aromatic N) is 3. The summed E-state index contributed by atoms with van der Waals surface area (Å²) in [6.07, 6.45) is 5.18. The Bertz CT molecular complexity index is 866. The molecule has 0 unspecified atom stereocenters. The zero-order chi connectivity index (χ0) is 19.9. The topological polar surface area (TPSA) is 63.2 Å². The van der Waals surface area contributed by atoms with Crippen molar-refractivity contribution in [2.75, 3.05) is 17.6 Å². The van der Waals surface area contributed by atoms with Crippen LogP contribution in [0, 0.1) is 0 Å². The van der Waals surface area contributed by atoms with Crippen LogP contribution in [0.3, 0.4) is 0 Å². The fourth-order valence-corrected chi connectivity index (χ4v) is 3.33. The smallest absolute Gasteiger partial charge is 0.239 e. The van der Waals surface area contributed by atoms with Gasteiger partial charge in [0, 0.05) is 19.0 Å². The molecule has 0 spiro atoms. The third-order valence-corrected chi connectivity index (χ3v) is 5.56. The SMILES string of the molecule is CC(C)c1nc(N(C)S(C)(=O)=O)nc(C2=CC=C(F)CC2)c1C(C)(C)C. The molecule has 5 nitrogen and oxygen atoms in total. The van der Waals surface area contributed by atoms with Crippen LogP contribution < -0.4 is 4.31 Å². The molecular formula is C19H28FN3O2S. The maximum absolute atomic E-state index is 13.5. The minimum atomic E-state index is -3.49. The molecule has 0 saturated heterocycles.